The van der Waals surface area contributed by atoms with Crippen LogP contribution in [0.5, 0.6) is 0 Å². The maximum Gasteiger partial charge on any atom is 0.179 e. The van der Waals surface area contributed by atoms with Crippen molar-refractivity contribution in [3.8, 4) is 11.5 Å². The van der Waals surface area contributed by atoms with Gasteiger partial charge in [0, 0.05) is 21.9 Å². The monoisotopic (exact) mass is 311 g/mol. The zero-order valence-corrected chi connectivity index (χ0v) is 11.9. The second-order valence-electron chi connectivity index (χ2n) is 3.62. The van der Waals surface area contributed by atoms with Gasteiger partial charge in [0.05, 0.1) is 0 Å². The Hall–Kier alpha value is -1.00. The Kier molecular flexibility index (Phi) is 3.74. The molecule has 2 aromatic heterocycles. The number of aromatic nitrogens is 3. The topological polar surface area (TPSA) is 38.7 Å². The number of rotatable bonds is 2. The molecular formula is C12H11BrClN3. The van der Waals surface area contributed by atoms with E-state index in [4.69, 9.17) is 11.6 Å². The van der Waals surface area contributed by atoms with E-state index in [0.717, 1.165) is 27.8 Å². The molecule has 2 aromatic rings. The van der Waals surface area contributed by atoms with Gasteiger partial charge in [-0.25, -0.2) is 9.97 Å². The highest BCUT2D eigenvalue weighted by molar-refractivity contribution is 9.10. The van der Waals surface area contributed by atoms with Crippen LogP contribution in [0, 0.1) is 6.92 Å². The standard InChI is InChI=1S/C12H11BrClN3/c1-3-9-7(2)16-12(17-11(9)14)10-5-4-8(13)6-15-10/h4-6H,3H2,1-2H3. The van der Waals surface area contributed by atoms with Crippen molar-refractivity contribution in [2.75, 3.05) is 0 Å². The van der Waals surface area contributed by atoms with Crippen molar-refractivity contribution in [2.45, 2.75) is 20.3 Å². The molecule has 0 bridgehead atoms. The first-order valence-electron chi connectivity index (χ1n) is 5.26. The fourth-order valence-corrected chi connectivity index (χ4v) is 2.17. The lowest BCUT2D eigenvalue weighted by molar-refractivity contribution is 0.995. The van der Waals surface area contributed by atoms with E-state index in [1.165, 1.54) is 0 Å². The van der Waals surface area contributed by atoms with Crippen LogP contribution in [0.25, 0.3) is 11.5 Å². The fraction of sp³-hybridized carbons (Fsp3) is 0.250. The maximum atomic E-state index is 6.13. The van der Waals surface area contributed by atoms with Gasteiger partial charge < -0.3 is 0 Å². The van der Waals surface area contributed by atoms with E-state index in [-0.39, 0.29) is 0 Å². The molecule has 0 fully saturated rings. The van der Waals surface area contributed by atoms with Crippen LogP contribution < -0.4 is 0 Å². The lowest BCUT2D eigenvalue weighted by atomic mass is 10.2. The molecule has 0 aromatic carbocycles. The molecule has 0 saturated heterocycles. The number of pyridine rings is 1. The highest BCUT2D eigenvalue weighted by atomic mass is 79.9. The van der Waals surface area contributed by atoms with Crippen LogP contribution in [-0.2, 0) is 6.42 Å². The predicted octanol–water partition coefficient (Wildman–Crippen LogP) is 3.83. The summed E-state index contributed by atoms with van der Waals surface area (Å²) in [6, 6.07) is 3.77. The molecule has 0 spiro atoms. The minimum absolute atomic E-state index is 0.514. The third kappa shape index (κ3) is 2.64. The van der Waals surface area contributed by atoms with E-state index in [9.17, 15) is 0 Å². The van der Waals surface area contributed by atoms with E-state index >= 15 is 0 Å². The average molecular weight is 313 g/mol. The molecule has 0 atom stereocenters. The van der Waals surface area contributed by atoms with Gasteiger partial charge in [0.2, 0.25) is 0 Å². The Bertz CT molecular complexity index is 517. The number of hydrogen-bond acceptors (Lipinski definition) is 3. The largest absolute Gasteiger partial charge is 0.252 e. The smallest absolute Gasteiger partial charge is 0.179 e. The highest BCUT2D eigenvalue weighted by Gasteiger charge is 2.10. The molecule has 88 valence electrons. The second kappa shape index (κ2) is 5.10. The van der Waals surface area contributed by atoms with Crippen LogP contribution in [0.15, 0.2) is 22.8 Å². The van der Waals surface area contributed by atoms with Gasteiger partial charge in [-0.05, 0) is 41.4 Å². The van der Waals surface area contributed by atoms with Crippen molar-refractivity contribution in [2.24, 2.45) is 0 Å². The third-order valence-corrected chi connectivity index (χ3v) is 3.26. The Morgan fingerprint density at radius 3 is 2.59 bits per heavy atom. The fourth-order valence-electron chi connectivity index (χ4n) is 1.59. The van der Waals surface area contributed by atoms with E-state index in [0.29, 0.717) is 11.0 Å². The summed E-state index contributed by atoms with van der Waals surface area (Å²) >= 11 is 9.47. The highest BCUT2D eigenvalue weighted by Crippen LogP contribution is 2.22. The van der Waals surface area contributed by atoms with Crippen molar-refractivity contribution in [1.82, 2.24) is 15.0 Å². The SMILES string of the molecule is CCc1c(C)nc(-c2ccc(Br)cn2)nc1Cl. The first kappa shape index (κ1) is 12.5. The van der Waals surface area contributed by atoms with Gasteiger partial charge in [-0.15, -0.1) is 0 Å². The zero-order chi connectivity index (χ0) is 12.4. The summed E-state index contributed by atoms with van der Waals surface area (Å²) in [5.74, 6) is 0.567. The molecule has 0 aliphatic heterocycles. The van der Waals surface area contributed by atoms with Crippen LogP contribution in [0.4, 0.5) is 0 Å². The van der Waals surface area contributed by atoms with E-state index in [2.05, 4.69) is 30.9 Å². The van der Waals surface area contributed by atoms with Gasteiger partial charge in [-0.2, -0.15) is 0 Å². The third-order valence-electron chi connectivity index (χ3n) is 2.47. The summed E-state index contributed by atoms with van der Waals surface area (Å²) < 4.78 is 0.925. The van der Waals surface area contributed by atoms with Gasteiger partial charge in [-0.1, -0.05) is 18.5 Å². The van der Waals surface area contributed by atoms with Gasteiger partial charge >= 0.3 is 0 Å². The quantitative estimate of drug-likeness (QED) is 0.791. The first-order chi connectivity index (χ1) is 8.11. The zero-order valence-electron chi connectivity index (χ0n) is 9.54. The van der Waals surface area contributed by atoms with Crippen LogP contribution in [0.3, 0.4) is 0 Å². The molecular weight excluding hydrogens is 302 g/mol. The molecule has 0 radical (unpaired) electrons. The number of aryl methyl sites for hydroxylation is 1. The average Bonchev–Trinajstić information content (AvgIpc) is 2.29. The molecule has 3 nitrogen and oxygen atoms in total. The molecule has 17 heavy (non-hydrogen) atoms. The predicted molar refractivity (Wildman–Crippen MR) is 72.1 cm³/mol. The van der Waals surface area contributed by atoms with Crippen LogP contribution in [0.2, 0.25) is 5.15 Å². The van der Waals surface area contributed by atoms with E-state index in [1.807, 2.05) is 26.0 Å². The Morgan fingerprint density at radius 1 is 1.29 bits per heavy atom. The lowest BCUT2D eigenvalue weighted by Gasteiger charge is -2.07. The van der Waals surface area contributed by atoms with Gasteiger partial charge in [0.25, 0.3) is 0 Å². The molecule has 2 heterocycles. The molecule has 0 saturated carbocycles. The summed E-state index contributed by atoms with van der Waals surface area (Å²) in [6.07, 6.45) is 2.55. The number of hydrogen-bond donors (Lipinski definition) is 0. The van der Waals surface area contributed by atoms with E-state index < -0.39 is 0 Å². The summed E-state index contributed by atoms with van der Waals surface area (Å²) in [5.41, 5.74) is 2.63. The molecule has 0 N–H and O–H groups in total. The number of halogens is 2. The van der Waals surface area contributed by atoms with Crippen molar-refractivity contribution in [1.29, 1.82) is 0 Å². The van der Waals surface area contributed by atoms with Crippen LogP contribution in [-0.4, -0.2) is 15.0 Å². The summed E-state index contributed by atoms with van der Waals surface area (Å²) in [5, 5.41) is 0.514. The second-order valence-corrected chi connectivity index (χ2v) is 4.89. The Morgan fingerprint density at radius 2 is 2.06 bits per heavy atom. The molecule has 0 aliphatic carbocycles. The summed E-state index contributed by atoms with van der Waals surface area (Å²) in [6.45, 7) is 3.98. The van der Waals surface area contributed by atoms with Gasteiger partial charge in [0.1, 0.15) is 10.8 Å². The molecule has 0 amide bonds. The summed E-state index contributed by atoms with van der Waals surface area (Å²) in [7, 11) is 0. The molecule has 5 heteroatoms. The van der Waals surface area contributed by atoms with Crippen molar-refractivity contribution < 1.29 is 0 Å². The maximum absolute atomic E-state index is 6.13. The Labute approximate surface area is 113 Å². The van der Waals surface area contributed by atoms with Gasteiger partial charge in [0.15, 0.2) is 5.82 Å². The molecule has 2 rings (SSSR count). The van der Waals surface area contributed by atoms with Crippen LogP contribution >= 0.6 is 27.5 Å². The van der Waals surface area contributed by atoms with Crippen molar-refractivity contribution in [3.05, 3.63) is 39.2 Å². The van der Waals surface area contributed by atoms with E-state index in [1.54, 1.807) is 6.20 Å². The normalized spacial score (nSPS) is 10.6. The van der Waals surface area contributed by atoms with Crippen LogP contribution in [0.1, 0.15) is 18.2 Å². The van der Waals surface area contributed by atoms with Crippen molar-refractivity contribution >= 4 is 27.5 Å². The molecule has 0 unspecified atom stereocenters. The van der Waals surface area contributed by atoms with Gasteiger partial charge in [-0.3, -0.25) is 4.98 Å². The molecule has 0 aliphatic rings. The number of nitrogens with zero attached hydrogens (tertiary/aromatic N) is 3. The lowest BCUT2D eigenvalue weighted by Crippen LogP contribution is -2.00. The summed E-state index contributed by atoms with van der Waals surface area (Å²) in [4.78, 5) is 13.0. The van der Waals surface area contributed by atoms with Crippen molar-refractivity contribution in [3.63, 3.8) is 0 Å². The Balaban J connectivity index is 2.50. The minimum atomic E-state index is 0.514. The minimum Gasteiger partial charge on any atom is -0.252 e. The first-order valence-corrected chi connectivity index (χ1v) is 6.44.